The Hall–Kier alpha value is -0.900. The van der Waals surface area contributed by atoms with Gasteiger partial charge in [-0.3, -0.25) is 4.68 Å². The zero-order chi connectivity index (χ0) is 15.5. The molecule has 128 valence electrons. The summed E-state index contributed by atoms with van der Waals surface area (Å²) in [6.45, 7) is 6.56. The summed E-state index contributed by atoms with van der Waals surface area (Å²) in [6, 6.07) is 0. The van der Waals surface area contributed by atoms with Crippen molar-refractivity contribution in [1.29, 1.82) is 0 Å². The highest BCUT2D eigenvalue weighted by Gasteiger charge is 2.08. The average molecular weight is 424 g/mol. The molecule has 1 heterocycles. The highest BCUT2D eigenvalue weighted by atomic mass is 127. The first kappa shape index (κ1) is 21.1. The molecule has 0 aliphatic heterocycles. The molecule has 0 amide bonds. The van der Waals surface area contributed by atoms with Crippen LogP contribution in [0.5, 0.6) is 0 Å². The molecule has 0 saturated carbocycles. The van der Waals surface area contributed by atoms with Crippen LogP contribution < -0.4 is 10.6 Å². The van der Waals surface area contributed by atoms with E-state index in [1.807, 2.05) is 14.0 Å². The fraction of sp³-hybridized carbons (Fsp3) is 0.786. The number of hydrogen-bond acceptors (Lipinski definition) is 4. The van der Waals surface area contributed by atoms with Gasteiger partial charge in [0, 0.05) is 26.7 Å². The molecule has 0 aromatic carbocycles. The van der Waals surface area contributed by atoms with E-state index < -0.39 is 0 Å². The molecule has 8 heteroatoms. The number of nitrogens with zero attached hydrogens (tertiary/aromatic N) is 4. The van der Waals surface area contributed by atoms with Gasteiger partial charge in [0.05, 0.1) is 0 Å². The lowest BCUT2D eigenvalue weighted by Crippen LogP contribution is -2.40. The van der Waals surface area contributed by atoms with Crippen molar-refractivity contribution < 1.29 is 5.11 Å². The van der Waals surface area contributed by atoms with Crippen LogP contribution in [0, 0.1) is 5.92 Å². The first-order valence-electron chi connectivity index (χ1n) is 7.67. The van der Waals surface area contributed by atoms with Crippen LogP contribution >= 0.6 is 24.0 Å². The first-order chi connectivity index (χ1) is 10.2. The summed E-state index contributed by atoms with van der Waals surface area (Å²) in [5.41, 5.74) is 0. The maximum atomic E-state index is 9.10. The Labute approximate surface area is 150 Å². The topological polar surface area (TPSA) is 87.4 Å². The van der Waals surface area contributed by atoms with Crippen molar-refractivity contribution in [2.75, 3.05) is 19.7 Å². The largest absolute Gasteiger partial charge is 0.396 e. The first-order valence-corrected chi connectivity index (χ1v) is 7.67. The Morgan fingerprint density at radius 1 is 1.36 bits per heavy atom. The SMILES string of the molecule is CCCC(CCO)CNC(=NCc1ncnn1C)NCC.I. The second-order valence-corrected chi connectivity index (χ2v) is 5.04. The van der Waals surface area contributed by atoms with Crippen LogP contribution in [0.15, 0.2) is 11.3 Å². The van der Waals surface area contributed by atoms with E-state index in [2.05, 4.69) is 32.6 Å². The molecule has 1 unspecified atom stereocenters. The van der Waals surface area contributed by atoms with Crippen LogP contribution in [-0.2, 0) is 13.6 Å². The highest BCUT2D eigenvalue weighted by molar-refractivity contribution is 14.0. The maximum absolute atomic E-state index is 9.10. The maximum Gasteiger partial charge on any atom is 0.191 e. The summed E-state index contributed by atoms with van der Waals surface area (Å²) in [6.07, 6.45) is 4.59. The van der Waals surface area contributed by atoms with E-state index in [-0.39, 0.29) is 30.6 Å². The minimum atomic E-state index is 0. The molecule has 7 nitrogen and oxygen atoms in total. The number of hydrogen-bond donors (Lipinski definition) is 3. The van der Waals surface area contributed by atoms with Gasteiger partial charge in [-0.2, -0.15) is 5.10 Å². The Kier molecular flexibility index (Phi) is 12.1. The molecule has 1 rings (SSSR count). The van der Waals surface area contributed by atoms with Crippen molar-refractivity contribution in [3.05, 3.63) is 12.2 Å². The molecule has 0 spiro atoms. The van der Waals surface area contributed by atoms with Crippen molar-refractivity contribution in [1.82, 2.24) is 25.4 Å². The molecule has 22 heavy (non-hydrogen) atoms. The van der Waals surface area contributed by atoms with Gasteiger partial charge >= 0.3 is 0 Å². The van der Waals surface area contributed by atoms with Crippen LogP contribution in [0.1, 0.15) is 38.9 Å². The van der Waals surface area contributed by atoms with Gasteiger partial charge in [-0.15, -0.1) is 24.0 Å². The summed E-state index contributed by atoms with van der Waals surface area (Å²) < 4.78 is 1.72. The smallest absolute Gasteiger partial charge is 0.191 e. The van der Waals surface area contributed by atoms with E-state index in [9.17, 15) is 0 Å². The number of aromatic nitrogens is 3. The molecule has 1 atom stereocenters. The van der Waals surface area contributed by atoms with Crippen LogP contribution in [-0.4, -0.2) is 45.5 Å². The number of aliphatic hydroxyl groups excluding tert-OH is 1. The number of aryl methyl sites for hydroxylation is 1. The number of nitrogens with one attached hydrogen (secondary N) is 2. The number of aliphatic hydroxyl groups is 1. The third kappa shape index (κ3) is 7.92. The quantitative estimate of drug-likeness (QED) is 0.316. The Balaban J connectivity index is 0.00000441. The van der Waals surface area contributed by atoms with Crippen molar-refractivity contribution in [2.45, 2.75) is 39.7 Å². The monoisotopic (exact) mass is 424 g/mol. The standard InChI is InChI=1S/C14H28N6O.HI/c1-4-6-12(7-8-21)9-16-14(15-5-2)17-10-13-18-11-19-20(13)3;/h11-12,21H,4-10H2,1-3H3,(H2,15,16,17);1H. The van der Waals surface area contributed by atoms with E-state index in [0.29, 0.717) is 12.5 Å². The molecule has 3 N–H and O–H groups in total. The van der Waals surface area contributed by atoms with Crippen LogP contribution in [0.3, 0.4) is 0 Å². The lowest BCUT2D eigenvalue weighted by Gasteiger charge is -2.18. The zero-order valence-electron chi connectivity index (χ0n) is 13.7. The minimum absolute atomic E-state index is 0. The Bertz CT molecular complexity index is 417. The van der Waals surface area contributed by atoms with Gasteiger partial charge in [0.2, 0.25) is 0 Å². The second kappa shape index (κ2) is 12.6. The molecule has 0 fully saturated rings. The van der Waals surface area contributed by atoms with Crippen molar-refractivity contribution in [3.63, 3.8) is 0 Å². The Morgan fingerprint density at radius 3 is 2.68 bits per heavy atom. The van der Waals surface area contributed by atoms with Gasteiger partial charge in [0.25, 0.3) is 0 Å². The normalized spacial score (nSPS) is 12.6. The number of guanidine groups is 1. The highest BCUT2D eigenvalue weighted by Crippen LogP contribution is 2.09. The van der Waals surface area contributed by atoms with Gasteiger partial charge < -0.3 is 15.7 Å². The van der Waals surface area contributed by atoms with Crippen molar-refractivity contribution in [2.24, 2.45) is 18.0 Å². The van der Waals surface area contributed by atoms with Gasteiger partial charge in [-0.25, -0.2) is 9.98 Å². The number of rotatable bonds is 9. The molecule has 0 aliphatic rings. The molecule has 0 saturated heterocycles. The molecule has 0 bridgehead atoms. The van der Waals surface area contributed by atoms with Crippen molar-refractivity contribution >= 4 is 29.9 Å². The molecule has 1 aromatic rings. The molecule has 0 radical (unpaired) electrons. The van der Waals surface area contributed by atoms with Gasteiger partial charge in [0.15, 0.2) is 5.96 Å². The predicted octanol–water partition coefficient (Wildman–Crippen LogP) is 1.29. The van der Waals surface area contributed by atoms with E-state index in [1.54, 1.807) is 4.68 Å². The lowest BCUT2D eigenvalue weighted by atomic mass is 10.0. The van der Waals surface area contributed by atoms with E-state index in [4.69, 9.17) is 5.11 Å². The minimum Gasteiger partial charge on any atom is -0.396 e. The molecular weight excluding hydrogens is 395 g/mol. The number of aliphatic imine (C=N–C) groups is 1. The van der Waals surface area contributed by atoms with E-state index >= 15 is 0 Å². The Morgan fingerprint density at radius 2 is 2.14 bits per heavy atom. The van der Waals surface area contributed by atoms with Crippen LogP contribution in [0.2, 0.25) is 0 Å². The second-order valence-electron chi connectivity index (χ2n) is 5.04. The average Bonchev–Trinajstić information content (AvgIpc) is 2.87. The van der Waals surface area contributed by atoms with Gasteiger partial charge in [-0.05, 0) is 25.7 Å². The summed E-state index contributed by atoms with van der Waals surface area (Å²) in [7, 11) is 1.86. The summed E-state index contributed by atoms with van der Waals surface area (Å²) >= 11 is 0. The fourth-order valence-electron chi connectivity index (χ4n) is 2.14. The summed E-state index contributed by atoms with van der Waals surface area (Å²) in [5.74, 6) is 2.07. The lowest BCUT2D eigenvalue weighted by molar-refractivity contribution is 0.251. The third-order valence-corrected chi connectivity index (χ3v) is 3.32. The fourth-order valence-corrected chi connectivity index (χ4v) is 2.14. The zero-order valence-corrected chi connectivity index (χ0v) is 16.1. The van der Waals surface area contributed by atoms with Crippen molar-refractivity contribution in [3.8, 4) is 0 Å². The molecule has 1 aromatic heterocycles. The van der Waals surface area contributed by atoms with Gasteiger partial charge in [-0.1, -0.05) is 13.3 Å². The van der Waals surface area contributed by atoms with Crippen LogP contribution in [0.25, 0.3) is 0 Å². The van der Waals surface area contributed by atoms with Crippen LogP contribution in [0.4, 0.5) is 0 Å². The number of halogens is 1. The molecular formula is C14H29IN6O. The summed E-state index contributed by atoms with van der Waals surface area (Å²) in [4.78, 5) is 8.68. The van der Waals surface area contributed by atoms with E-state index in [1.165, 1.54) is 6.33 Å². The third-order valence-electron chi connectivity index (χ3n) is 3.32. The summed E-state index contributed by atoms with van der Waals surface area (Å²) in [5, 5.41) is 19.7. The molecule has 0 aliphatic carbocycles. The van der Waals surface area contributed by atoms with E-state index in [0.717, 1.165) is 44.1 Å². The van der Waals surface area contributed by atoms with Gasteiger partial charge in [0.1, 0.15) is 18.7 Å². The predicted molar refractivity (Wildman–Crippen MR) is 99.3 cm³/mol.